The third kappa shape index (κ3) is 9.22. The van der Waals surface area contributed by atoms with Crippen LogP contribution >= 0.6 is 27.7 Å². The Hall–Kier alpha value is 1.93. The van der Waals surface area contributed by atoms with Crippen LogP contribution in [0.2, 0.25) is 0 Å². The summed E-state index contributed by atoms with van der Waals surface area (Å²) in [5.41, 5.74) is -0.573. The van der Waals surface area contributed by atoms with Crippen LogP contribution in [0.25, 0.3) is 0 Å². The molecule has 10 aliphatic carbocycles. The summed E-state index contributed by atoms with van der Waals surface area (Å²) in [7, 11) is 0. The number of halogens is 1. The molecule has 10 saturated carbocycles. The zero-order valence-corrected chi connectivity index (χ0v) is 46.9. The molecule has 14 heteroatoms. The van der Waals surface area contributed by atoms with Gasteiger partial charge in [0.05, 0.1) is 28.8 Å². The van der Waals surface area contributed by atoms with Gasteiger partial charge in [-0.05, 0) is 210 Å². The van der Waals surface area contributed by atoms with Gasteiger partial charge < -0.3 is 21.8 Å². The monoisotopic (exact) mass is 993 g/mol. The summed E-state index contributed by atoms with van der Waals surface area (Å²) in [6.45, 7) is 8.72. The van der Waals surface area contributed by atoms with Crippen molar-refractivity contribution in [2.75, 3.05) is 17.6 Å². The zero-order valence-electron chi connectivity index (χ0n) is 39.2. The van der Waals surface area contributed by atoms with Crippen LogP contribution in [0.1, 0.15) is 132 Å². The molecule has 1 aliphatic heterocycles. The molecule has 0 bridgehead atoms. The average Bonchev–Trinajstić information content (AvgIpc) is 4.09. The van der Waals surface area contributed by atoms with Crippen molar-refractivity contribution in [1.29, 1.82) is 0 Å². The first-order chi connectivity index (χ1) is 28.5. The van der Waals surface area contributed by atoms with Crippen molar-refractivity contribution >= 4 is 56.9 Å². The number of hydrogen-bond acceptors (Lipinski definition) is 10. The molecule has 0 radical (unpaired) electrons. The first kappa shape index (κ1) is 51.8. The Kier molecular flexibility index (Phi) is 16.4. The molecule has 0 spiro atoms. The Morgan fingerprint density at radius 2 is 1.15 bits per heavy atom. The second-order valence-electron chi connectivity index (χ2n) is 23.2. The van der Waals surface area contributed by atoms with E-state index in [4.69, 9.17) is 10.1 Å². The van der Waals surface area contributed by atoms with Gasteiger partial charge in [0.2, 0.25) is 5.91 Å². The molecule has 0 aromatic carbocycles. The molecular weight excluding hydrogens is 925 g/mol. The minimum absolute atomic E-state index is 0. The van der Waals surface area contributed by atoms with E-state index in [9.17, 15) is 29.4 Å². The van der Waals surface area contributed by atoms with E-state index < -0.39 is 11.2 Å². The second kappa shape index (κ2) is 19.6. The second-order valence-corrected chi connectivity index (χ2v) is 24.6. The quantitative estimate of drug-likeness (QED) is 0.131. The first-order valence-electron chi connectivity index (χ1n) is 23.7. The van der Waals surface area contributed by atoms with Gasteiger partial charge in [0.15, 0.2) is 5.78 Å². The molecule has 11 rings (SSSR count). The number of alkyl halides is 1. The van der Waals surface area contributed by atoms with Crippen LogP contribution in [-0.4, -0.2) is 73.1 Å². The van der Waals surface area contributed by atoms with E-state index in [-0.39, 0.29) is 157 Å². The Balaban J connectivity index is 0.000000188. The molecule has 0 aromatic rings. The minimum atomic E-state index is -0.480. The van der Waals surface area contributed by atoms with Crippen LogP contribution in [-0.2, 0) is 24.1 Å². The van der Waals surface area contributed by atoms with Crippen molar-refractivity contribution < 1.29 is 149 Å². The molecular formula is C48H70BrK2NO9S. The molecule has 62 heavy (non-hydrogen) atoms. The number of carbonyl (C=O) groups is 5. The molecule has 11 aliphatic rings. The van der Waals surface area contributed by atoms with Gasteiger partial charge in [-0.3, -0.25) is 28.9 Å². The van der Waals surface area contributed by atoms with Gasteiger partial charge >= 0.3 is 103 Å². The number of hydrogen-bond donors (Lipinski definition) is 2. The first-order valence-corrected chi connectivity index (χ1v) is 25.8. The largest absolute Gasteiger partial charge is 1.00 e. The van der Waals surface area contributed by atoms with Gasteiger partial charge in [-0.15, -0.1) is 0 Å². The maximum Gasteiger partial charge on any atom is 1.00 e. The van der Waals surface area contributed by atoms with Crippen molar-refractivity contribution in [2.24, 2.45) is 106 Å². The van der Waals surface area contributed by atoms with Gasteiger partial charge in [0.25, 0.3) is 11.7 Å². The average molecular weight is 995 g/mol. The van der Waals surface area contributed by atoms with E-state index in [0.717, 1.165) is 104 Å². The van der Waals surface area contributed by atoms with E-state index in [2.05, 4.69) is 41.6 Å². The molecule has 336 valence electrons. The number of aliphatic hydroxyl groups is 2. The number of Topliss-reactive ketones (excluding diaryl/α,β-unsaturated/α-hetero) is 2. The standard InChI is InChI=1S/C25H35NO4S.C22H33BrO2.CH2O3.2K.H/c1-24(30)7-5-14-13(10-24)3-4-16-15(14)6-8-25(2)21(16)17-9-18(17)22(25)19(27)11-26-20(28)12-31-23(26)29;1-21(25)7-5-13-12(10-21)3-4-15-14(13)6-8-22(2)19(15)16-9-17(16)20(22)18(24)11-23;2-1-4-3;;;/h13-18,21-22,30H,3-12H2,1-2H3;12-17,19-20,25H,3-11H2,1-2H3;1,3H;;;/q;;;2*+1;-1/p-1/t13-,14+,15-,16-,17-,18+,21-,22-,24-,25+;12-,13+,14-,15-,16-,17+,19-,20-,21-,22+;;;;/m11..../s1. The zero-order chi connectivity index (χ0) is 42.7. The molecule has 1 heterocycles. The number of carbonyl (C=O) groups excluding carboxylic acids is 5. The summed E-state index contributed by atoms with van der Waals surface area (Å²) in [6, 6.07) is 0. The predicted octanol–water partition coefficient (Wildman–Crippen LogP) is 1.51. The number of rotatable bonds is 6. The van der Waals surface area contributed by atoms with Crippen molar-refractivity contribution in [3.8, 4) is 0 Å². The molecule has 0 unspecified atom stereocenters. The van der Waals surface area contributed by atoms with Crippen molar-refractivity contribution in [3.63, 3.8) is 0 Å². The van der Waals surface area contributed by atoms with E-state index >= 15 is 0 Å². The number of ketones is 2. The molecule has 10 nitrogen and oxygen atoms in total. The number of imide groups is 1. The molecule has 11 fully saturated rings. The third-order valence-electron chi connectivity index (χ3n) is 20.1. The van der Waals surface area contributed by atoms with E-state index in [1.54, 1.807) is 0 Å². The van der Waals surface area contributed by atoms with Crippen LogP contribution in [0.4, 0.5) is 4.79 Å². The molecule has 20 atom stereocenters. The van der Waals surface area contributed by atoms with Crippen LogP contribution in [0.15, 0.2) is 0 Å². The Morgan fingerprint density at radius 3 is 1.55 bits per heavy atom. The fraction of sp³-hybridized carbons (Fsp3) is 0.896. The molecule has 1 saturated heterocycles. The molecule has 2 N–H and O–H groups in total. The van der Waals surface area contributed by atoms with E-state index in [1.807, 2.05) is 6.92 Å². The van der Waals surface area contributed by atoms with Gasteiger partial charge in [-0.2, -0.15) is 0 Å². The summed E-state index contributed by atoms with van der Waals surface area (Å²) in [6.07, 6.45) is 18.9. The summed E-state index contributed by atoms with van der Waals surface area (Å²) in [5, 5.41) is 29.9. The van der Waals surface area contributed by atoms with E-state index in [1.165, 1.54) is 69.1 Å². The predicted molar refractivity (Wildman–Crippen MR) is 229 cm³/mol. The van der Waals surface area contributed by atoms with E-state index in [0.29, 0.717) is 46.6 Å². The normalized spacial score (nSPS) is 50.7. The maximum absolute atomic E-state index is 13.5. The van der Waals surface area contributed by atoms with Crippen LogP contribution in [0, 0.1) is 106 Å². The summed E-state index contributed by atoms with van der Waals surface area (Å²) in [4.78, 5) is 62.7. The third-order valence-corrected chi connectivity index (χ3v) is 21.5. The van der Waals surface area contributed by atoms with Gasteiger partial charge in [-0.25, -0.2) is 0 Å². The topological polar surface area (TPSA) is 161 Å². The number of thioether (sulfide) groups is 1. The fourth-order valence-corrected chi connectivity index (χ4v) is 19.3. The smallest absolute Gasteiger partial charge is 1.00 e. The van der Waals surface area contributed by atoms with Crippen molar-refractivity contribution in [2.45, 2.75) is 142 Å². The number of amides is 2. The van der Waals surface area contributed by atoms with Crippen LogP contribution in [0.3, 0.4) is 0 Å². The summed E-state index contributed by atoms with van der Waals surface area (Å²) < 4.78 is 0. The molecule has 0 aromatic heterocycles. The van der Waals surface area contributed by atoms with Gasteiger partial charge in [0, 0.05) is 11.8 Å². The Bertz CT molecular complexity index is 1740. The van der Waals surface area contributed by atoms with Gasteiger partial charge in [-0.1, -0.05) is 41.5 Å². The van der Waals surface area contributed by atoms with Crippen molar-refractivity contribution in [1.82, 2.24) is 4.90 Å². The summed E-state index contributed by atoms with van der Waals surface area (Å²) in [5.74, 6) is 11.4. The Morgan fingerprint density at radius 1 is 0.710 bits per heavy atom. The van der Waals surface area contributed by atoms with Crippen molar-refractivity contribution in [3.05, 3.63) is 0 Å². The number of fused-ring (bicyclic) bond motifs is 14. The molecule has 2 amide bonds. The van der Waals surface area contributed by atoms with Gasteiger partial charge in [0.1, 0.15) is 5.78 Å². The fourth-order valence-electron chi connectivity index (χ4n) is 18.2. The number of nitrogens with zero attached hydrogens (tertiary/aromatic N) is 1. The maximum atomic E-state index is 13.5. The SMILES string of the molecule is C[C@@]1(O)CC[C@H]2[C@H](CC[C@@H]3[C@@H]2CC[C@@]2(C)[C@H]3[C@@H]3C[C@@H]3[C@@H]2C(=O)CBr)C1.C[C@@]1(O)CC[C@H]2[C@H](CC[C@@H]3[C@@H]2CC[C@@]2(C)[C@H]3[C@@H]3C[C@@H]3[C@@H]2C(=O)CN2C(=O)CSC2=O)C1.O=CO[O-].[H-].[K+].[K+]. The minimum Gasteiger partial charge on any atom is -1.00 e. The van der Waals surface area contributed by atoms with Crippen LogP contribution < -0.4 is 108 Å². The Labute approximate surface area is 468 Å². The summed E-state index contributed by atoms with van der Waals surface area (Å²) >= 11 is 4.49. The van der Waals surface area contributed by atoms with Crippen LogP contribution in [0.5, 0.6) is 0 Å².